The number of imidazole rings is 1. The van der Waals surface area contributed by atoms with E-state index >= 15 is 0 Å². The van der Waals surface area contributed by atoms with Crippen molar-refractivity contribution in [1.82, 2.24) is 9.55 Å². The van der Waals surface area contributed by atoms with Crippen LogP contribution in [0.1, 0.15) is 38.3 Å². The van der Waals surface area contributed by atoms with Crippen molar-refractivity contribution >= 4 is 5.97 Å². The molecule has 1 aromatic heterocycles. The van der Waals surface area contributed by atoms with E-state index in [1.54, 1.807) is 6.33 Å². The third-order valence-electron chi connectivity index (χ3n) is 2.05. The third kappa shape index (κ3) is 3.20. The van der Waals surface area contributed by atoms with Gasteiger partial charge in [0, 0.05) is 19.2 Å². The first-order valence-corrected chi connectivity index (χ1v) is 4.83. The molecule has 0 spiro atoms. The minimum absolute atomic E-state index is 0.217. The Morgan fingerprint density at radius 2 is 2.36 bits per heavy atom. The Labute approximate surface area is 83.6 Å². The quantitative estimate of drug-likeness (QED) is 0.782. The number of nitrogens with zero attached hydrogens (tertiary/aromatic N) is 2. The molecule has 0 aliphatic carbocycles. The van der Waals surface area contributed by atoms with Crippen LogP contribution >= 0.6 is 0 Å². The molecule has 1 rings (SSSR count). The van der Waals surface area contributed by atoms with Gasteiger partial charge in [0.15, 0.2) is 0 Å². The van der Waals surface area contributed by atoms with Gasteiger partial charge in [-0.05, 0) is 12.3 Å². The molecule has 1 heterocycles. The van der Waals surface area contributed by atoms with Crippen LogP contribution in [0.15, 0.2) is 12.5 Å². The minimum atomic E-state index is -0.741. The number of carboxylic acids is 1. The van der Waals surface area contributed by atoms with Gasteiger partial charge in [-0.3, -0.25) is 4.79 Å². The number of aliphatic carboxylic acids is 1. The molecule has 0 radical (unpaired) electrons. The Morgan fingerprint density at radius 1 is 1.64 bits per heavy atom. The molecule has 14 heavy (non-hydrogen) atoms. The summed E-state index contributed by atoms with van der Waals surface area (Å²) in [5.41, 5.74) is 1.06. The highest BCUT2D eigenvalue weighted by Gasteiger charge is 2.03. The summed E-state index contributed by atoms with van der Waals surface area (Å²) in [6.07, 6.45) is 4.61. The van der Waals surface area contributed by atoms with Crippen LogP contribution in [0.4, 0.5) is 0 Å². The number of rotatable bonds is 5. The Kier molecular flexibility index (Phi) is 3.68. The van der Waals surface area contributed by atoms with Crippen LogP contribution < -0.4 is 0 Å². The van der Waals surface area contributed by atoms with Crippen LogP contribution in [-0.2, 0) is 11.3 Å². The lowest BCUT2D eigenvalue weighted by molar-refractivity contribution is -0.137. The zero-order valence-corrected chi connectivity index (χ0v) is 8.60. The monoisotopic (exact) mass is 196 g/mol. The lowest BCUT2D eigenvalue weighted by Gasteiger charge is -1.99. The summed E-state index contributed by atoms with van der Waals surface area (Å²) in [7, 11) is 0. The zero-order chi connectivity index (χ0) is 10.6. The van der Waals surface area contributed by atoms with Crippen molar-refractivity contribution in [2.75, 3.05) is 0 Å². The Hall–Kier alpha value is -1.32. The Morgan fingerprint density at radius 3 is 2.86 bits per heavy atom. The molecule has 0 bridgehead atoms. The second-order valence-corrected chi connectivity index (χ2v) is 3.69. The van der Waals surface area contributed by atoms with E-state index in [9.17, 15) is 4.79 Å². The molecule has 0 aliphatic heterocycles. The molecule has 1 aromatic rings. The van der Waals surface area contributed by atoms with Gasteiger partial charge in [0.05, 0.1) is 12.0 Å². The van der Waals surface area contributed by atoms with Crippen molar-refractivity contribution in [3.63, 3.8) is 0 Å². The summed E-state index contributed by atoms with van der Waals surface area (Å²) in [5, 5.41) is 8.46. The third-order valence-corrected chi connectivity index (χ3v) is 2.05. The molecule has 0 aliphatic rings. The Bertz CT molecular complexity index is 305. The molecule has 0 saturated heterocycles. The van der Waals surface area contributed by atoms with Gasteiger partial charge >= 0.3 is 5.97 Å². The first-order chi connectivity index (χ1) is 6.59. The lowest BCUT2D eigenvalue weighted by atomic mass is 10.2. The van der Waals surface area contributed by atoms with Crippen molar-refractivity contribution < 1.29 is 9.90 Å². The fourth-order valence-corrected chi connectivity index (χ4v) is 1.21. The van der Waals surface area contributed by atoms with Gasteiger partial charge in [-0.1, -0.05) is 13.8 Å². The van der Waals surface area contributed by atoms with Crippen LogP contribution in [0, 0.1) is 0 Å². The average Bonchev–Trinajstić information content (AvgIpc) is 2.52. The summed E-state index contributed by atoms with van der Waals surface area (Å²) in [4.78, 5) is 14.5. The number of aryl methyl sites for hydroxylation is 1. The lowest BCUT2D eigenvalue weighted by Crippen LogP contribution is -2.00. The molecule has 78 valence electrons. The van der Waals surface area contributed by atoms with E-state index in [2.05, 4.69) is 18.8 Å². The molecule has 0 amide bonds. The van der Waals surface area contributed by atoms with Crippen LogP contribution in [0.5, 0.6) is 0 Å². The second kappa shape index (κ2) is 4.79. The maximum Gasteiger partial charge on any atom is 0.303 e. The predicted molar refractivity (Wildman–Crippen MR) is 53.2 cm³/mol. The number of carboxylic acid groups (broad SMARTS) is 1. The highest BCUT2D eigenvalue weighted by molar-refractivity contribution is 5.66. The predicted octanol–water partition coefficient (Wildman–Crippen LogP) is 1.87. The van der Waals surface area contributed by atoms with Crippen LogP contribution in [0.3, 0.4) is 0 Å². The molecule has 4 nitrogen and oxygen atoms in total. The standard InChI is InChI=1S/C10H16N2O2/c1-8(2)9-6-12(7-11-9)5-3-4-10(13)14/h6-8H,3-5H2,1-2H3,(H,13,14). The van der Waals surface area contributed by atoms with Gasteiger partial charge < -0.3 is 9.67 Å². The van der Waals surface area contributed by atoms with Crippen molar-refractivity contribution in [1.29, 1.82) is 0 Å². The summed E-state index contributed by atoms with van der Waals surface area (Å²) in [5.74, 6) is -0.315. The van der Waals surface area contributed by atoms with Crippen molar-refractivity contribution in [3.05, 3.63) is 18.2 Å². The van der Waals surface area contributed by atoms with E-state index in [4.69, 9.17) is 5.11 Å². The van der Waals surface area contributed by atoms with Crippen LogP contribution in [0.2, 0.25) is 0 Å². The average molecular weight is 196 g/mol. The van der Waals surface area contributed by atoms with Gasteiger partial charge in [0.25, 0.3) is 0 Å². The van der Waals surface area contributed by atoms with Gasteiger partial charge in [0.2, 0.25) is 0 Å². The summed E-state index contributed by atoms with van der Waals surface area (Å²) in [6, 6.07) is 0. The first kappa shape index (κ1) is 10.8. The van der Waals surface area contributed by atoms with E-state index < -0.39 is 5.97 Å². The minimum Gasteiger partial charge on any atom is -0.481 e. The number of carbonyl (C=O) groups is 1. The van der Waals surface area contributed by atoms with Crippen molar-refractivity contribution in [3.8, 4) is 0 Å². The van der Waals surface area contributed by atoms with Crippen LogP contribution in [-0.4, -0.2) is 20.6 Å². The van der Waals surface area contributed by atoms with Crippen LogP contribution in [0.25, 0.3) is 0 Å². The molecule has 4 heteroatoms. The first-order valence-electron chi connectivity index (χ1n) is 4.83. The molecule has 0 fully saturated rings. The maximum atomic E-state index is 10.3. The van der Waals surface area contributed by atoms with Gasteiger partial charge in [0.1, 0.15) is 0 Å². The van der Waals surface area contributed by atoms with Crippen molar-refractivity contribution in [2.24, 2.45) is 0 Å². The number of hydrogen-bond acceptors (Lipinski definition) is 2. The maximum absolute atomic E-state index is 10.3. The van der Waals surface area contributed by atoms with E-state index in [0.717, 1.165) is 12.2 Å². The topological polar surface area (TPSA) is 55.1 Å². The van der Waals surface area contributed by atoms with Gasteiger partial charge in [-0.25, -0.2) is 4.98 Å². The fraction of sp³-hybridized carbons (Fsp3) is 0.600. The molecular weight excluding hydrogens is 180 g/mol. The second-order valence-electron chi connectivity index (χ2n) is 3.69. The molecule has 0 unspecified atom stereocenters. The fourth-order valence-electron chi connectivity index (χ4n) is 1.21. The normalized spacial score (nSPS) is 10.8. The SMILES string of the molecule is CC(C)c1cn(CCCC(=O)O)cn1. The Balaban J connectivity index is 2.40. The highest BCUT2D eigenvalue weighted by Crippen LogP contribution is 2.10. The van der Waals surface area contributed by atoms with Gasteiger partial charge in [-0.2, -0.15) is 0 Å². The summed E-state index contributed by atoms with van der Waals surface area (Å²) < 4.78 is 1.94. The van der Waals surface area contributed by atoms with E-state index in [0.29, 0.717) is 12.3 Å². The molecule has 1 N–H and O–H groups in total. The largest absolute Gasteiger partial charge is 0.481 e. The van der Waals surface area contributed by atoms with Gasteiger partial charge in [-0.15, -0.1) is 0 Å². The smallest absolute Gasteiger partial charge is 0.303 e. The van der Waals surface area contributed by atoms with E-state index in [-0.39, 0.29) is 6.42 Å². The molecule has 0 aromatic carbocycles. The van der Waals surface area contributed by atoms with Crippen molar-refractivity contribution in [2.45, 2.75) is 39.2 Å². The number of hydrogen-bond donors (Lipinski definition) is 1. The van der Waals surface area contributed by atoms with E-state index in [1.165, 1.54) is 0 Å². The highest BCUT2D eigenvalue weighted by atomic mass is 16.4. The summed E-state index contributed by atoms with van der Waals surface area (Å²) in [6.45, 7) is 4.90. The molecule has 0 atom stereocenters. The zero-order valence-electron chi connectivity index (χ0n) is 8.60. The number of aromatic nitrogens is 2. The van der Waals surface area contributed by atoms with E-state index in [1.807, 2.05) is 10.8 Å². The molecular formula is C10H16N2O2. The molecule has 0 saturated carbocycles. The summed E-state index contributed by atoms with van der Waals surface area (Å²) >= 11 is 0.